The Bertz CT molecular complexity index is 1550. The monoisotopic (exact) mass is 555 g/mol. The molecule has 5 rings (SSSR count). The second-order valence-corrected chi connectivity index (χ2v) is 12.7. The molecule has 1 saturated heterocycles. The van der Waals surface area contributed by atoms with Crippen molar-refractivity contribution in [2.45, 2.75) is 36.6 Å². The van der Waals surface area contributed by atoms with E-state index in [0.29, 0.717) is 34.4 Å². The van der Waals surface area contributed by atoms with Gasteiger partial charge in [0.05, 0.1) is 17.9 Å². The molecule has 4 heterocycles. The van der Waals surface area contributed by atoms with E-state index in [2.05, 4.69) is 21.2 Å². The Kier molecular flexibility index (Phi) is 7.01. The lowest BCUT2D eigenvalue weighted by Gasteiger charge is -2.40. The van der Waals surface area contributed by atoms with Gasteiger partial charge in [-0.25, -0.2) is 13.4 Å². The Morgan fingerprint density at radius 1 is 1.29 bits per heavy atom. The van der Waals surface area contributed by atoms with E-state index in [0.717, 1.165) is 10.6 Å². The third kappa shape index (κ3) is 4.93. The Balaban J connectivity index is 1.41. The molecule has 0 bridgehead atoms. The van der Waals surface area contributed by atoms with Gasteiger partial charge in [0.2, 0.25) is 5.91 Å². The topological polar surface area (TPSA) is 145 Å². The number of sulfonamides is 1. The lowest BCUT2D eigenvalue weighted by Crippen LogP contribution is -2.57. The molecule has 1 aromatic carbocycles. The average molecular weight is 556 g/mol. The number of nitrogens with two attached hydrogens (primary N) is 1. The van der Waals surface area contributed by atoms with Crippen molar-refractivity contribution in [3.63, 3.8) is 0 Å². The second kappa shape index (κ2) is 10.1. The standard InChI is InChI=1S/C25H29N7O4S2/c1-4-15-5-6-18-16(9-15)10-22(28-18)38(35,36)31-7-8-32(17(14-31)11-23(33)30(2)3)25(34)24-29-19-12-21(26)27-13-20(19)37-24/h1,5-6,9-10,17,21,27-28H,7-8,11-14,26H2,2-3H3. The molecule has 2 amide bonds. The lowest BCUT2D eigenvalue weighted by molar-refractivity contribution is -0.130. The predicted molar refractivity (Wildman–Crippen MR) is 144 cm³/mol. The van der Waals surface area contributed by atoms with Gasteiger partial charge in [-0.1, -0.05) is 5.92 Å². The summed E-state index contributed by atoms with van der Waals surface area (Å²) >= 11 is 1.31. The fourth-order valence-corrected chi connectivity index (χ4v) is 7.22. The molecular formula is C25H29N7O4S2. The van der Waals surface area contributed by atoms with Gasteiger partial charge in [-0.05, 0) is 24.3 Å². The zero-order valence-corrected chi connectivity index (χ0v) is 22.7. The minimum absolute atomic E-state index is 0.0134. The number of hydrogen-bond acceptors (Lipinski definition) is 8. The maximum Gasteiger partial charge on any atom is 0.283 e. The quantitative estimate of drug-likeness (QED) is 0.390. The molecule has 13 heteroatoms. The summed E-state index contributed by atoms with van der Waals surface area (Å²) in [5, 5.41) is 4.21. The molecule has 0 saturated carbocycles. The van der Waals surface area contributed by atoms with E-state index in [9.17, 15) is 18.0 Å². The number of H-pyrrole nitrogens is 1. The number of terminal acetylenes is 1. The van der Waals surface area contributed by atoms with Gasteiger partial charge >= 0.3 is 0 Å². The van der Waals surface area contributed by atoms with E-state index in [-0.39, 0.29) is 49.1 Å². The Hall–Kier alpha value is -3.28. The van der Waals surface area contributed by atoms with Crippen LogP contribution in [0.1, 0.15) is 32.4 Å². The van der Waals surface area contributed by atoms with Crippen molar-refractivity contribution in [1.82, 2.24) is 29.4 Å². The largest absolute Gasteiger partial charge is 0.349 e. The van der Waals surface area contributed by atoms with E-state index >= 15 is 0 Å². The summed E-state index contributed by atoms with van der Waals surface area (Å²) < 4.78 is 28.6. The van der Waals surface area contributed by atoms with Crippen molar-refractivity contribution in [3.8, 4) is 12.3 Å². The number of aromatic nitrogens is 2. The molecule has 2 aliphatic heterocycles. The molecule has 1 fully saturated rings. The predicted octanol–water partition coefficient (Wildman–Crippen LogP) is 0.530. The van der Waals surface area contributed by atoms with Crippen molar-refractivity contribution >= 4 is 44.1 Å². The van der Waals surface area contributed by atoms with Crippen LogP contribution in [-0.4, -0.2) is 90.2 Å². The van der Waals surface area contributed by atoms with Gasteiger partial charge < -0.3 is 20.5 Å². The fraction of sp³-hybridized carbons (Fsp3) is 0.400. The highest BCUT2D eigenvalue weighted by molar-refractivity contribution is 7.89. The highest BCUT2D eigenvalue weighted by atomic mass is 32.2. The number of amides is 2. The molecule has 4 N–H and O–H groups in total. The van der Waals surface area contributed by atoms with Crippen molar-refractivity contribution in [2.75, 3.05) is 33.7 Å². The number of thiazole rings is 1. The Morgan fingerprint density at radius 2 is 2.08 bits per heavy atom. The molecule has 11 nitrogen and oxygen atoms in total. The van der Waals surface area contributed by atoms with Gasteiger partial charge in [0, 0.05) is 74.5 Å². The van der Waals surface area contributed by atoms with Gasteiger partial charge in [-0.15, -0.1) is 17.8 Å². The van der Waals surface area contributed by atoms with Crippen LogP contribution in [0.5, 0.6) is 0 Å². The summed E-state index contributed by atoms with van der Waals surface area (Å²) in [6.45, 7) is 0.746. The van der Waals surface area contributed by atoms with Crippen LogP contribution in [0.2, 0.25) is 0 Å². The molecule has 2 atom stereocenters. The highest BCUT2D eigenvalue weighted by Gasteiger charge is 2.39. The maximum atomic E-state index is 13.6. The van der Waals surface area contributed by atoms with E-state index < -0.39 is 16.1 Å². The SMILES string of the molecule is C#Cc1ccc2[nH]c(S(=O)(=O)N3CCN(C(=O)c4nc5c(s4)CNC(N)C5)C(CC(=O)N(C)C)C3)cc2c1. The molecule has 0 radical (unpaired) electrons. The van der Waals surface area contributed by atoms with Crippen molar-refractivity contribution in [1.29, 1.82) is 0 Å². The lowest BCUT2D eigenvalue weighted by atomic mass is 10.1. The van der Waals surface area contributed by atoms with Crippen molar-refractivity contribution in [2.24, 2.45) is 5.73 Å². The first kappa shape index (κ1) is 26.3. The van der Waals surface area contributed by atoms with Gasteiger partial charge in [0.1, 0.15) is 5.03 Å². The number of rotatable bonds is 5. The van der Waals surface area contributed by atoms with Crippen LogP contribution in [0.4, 0.5) is 0 Å². The van der Waals surface area contributed by atoms with Crippen LogP contribution >= 0.6 is 11.3 Å². The number of aromatic amines is 1. The summed E-state index contributed by atoms with van der Waals surface area (Å²) in [6, 6.07) is 6.13. The minimum Gasteiger partial charge on any atom is -0.349 e. The minimum atomic E-state index is -3.93. The molecule has 2 aromatic heterocycles. The van der Waals surface area contributed by atoms with Crippen LogP contribution in [0.25, 0.3) is 10.9 Å². The summed E-state index contributed by atoms with van der Waals surface area (Å²) in [5.74, 6) is 2.04. The zero-order chi connectivity index (χ0) is 27.2. The van der Waals surface area contributed by atoms with Gasteiger partial charge in [0.15, 0.2) is 5.01 Å². The average Bonchev–Trinajstić information content (AvgIpc) is 3.52. The molecule has 2 unspecified atom stereocenters. The molecule has 0 aliphatic carbocycles. The van der Waals surface area contributed by atoms with E-state index in [1.54, 1.807) is 43.3 Å². The van der Waals surface area contributed by atoms with Gasteiger partial charge in [-0.2, -0.15) is 4.31 Å². The van der Waals surface area contributed by atoms with Crippen molar-refractivity contribution in [3.05, 3.63) is 45.4 Å². The Morgan fingerprint density at radius 3 is 2.82 bits per heavy atom. The molecule has 200 valence electrons. The number of nitrogens with one attached hydrogen (secondary N) is 2. The van der Waals surface area contributed by atoms with Crippen LogP contribution < -0.4 is 11.1 Å². The van der Waals surface area contributed by atoms with E-state index in [4.69, 9.17) is 12.2 Å². The zero-order valence-electron chi connectivity index (χ0n) is 21.1. The summed E-state index contributed by atoms with van der Waals surface area (Å²) in [7, 11) is -0.665. The first-order valence-corrected chi connectivity index (χ1v) is 14.4. The summed E-state index contributed by atoms with van der Waals surface area (Å²) in [5.41, 5.74) is 8.07. The number of nitrogens with zero attached hydrogens (tertiary/aromatic N) is 4. The fourth-order valence-electron chi connectivity index (χ4n) is 4.74. The number of carbonyl (C=O) groups is 2. The normalized spacial score (nSPS) is 20.2. The van der Waals surface area contributed by atoms with Crippen LogP contribution in [0, 0.1) is 12.3 Å². The number of benzene rings is 1. The van der Waals surface area contributed by atoms with Crippen LogP contribution in [-0.2, 0) is 27.8 Å². The van der Waals surface area contributed by atoms with E-state index in [1.165, 1.54) is 20.5 Å². The highest BCUT2D eigenvalue weighted by Crippen LogP contribution is 2.28. The molecule has 0 spiro atoms. The smallest absolute Gasteiger partial charge is 0.283 e. The third-order valence-electron chi connectivity index (χ3n) is 6.90. The molecule has 3 aromatic rings. The summed E-state index contributed by atoms with van der Waals surface area (Å²) in [4.78, 5) is 37.7. The van der Waals surface area contributed by atoms with Crippen LogP contribution in [0.3, 0.4) is 0 Å². The second-order valence-electron chi connectivity index (χ2n) is 9.67. The maximum absolute atomic E-state index is 13.6. The van der Waals surface area contributed by atoms with Gasteiger partial charge in [-0.3, -0.25) is 14.9 Å². The number of hydrogen-bond donors (Lipinski definition) is 3. The number of fused-ring (bicyclic) bond motifs is 2. The first-order chi connectivity index (χ1) is 18.1. The van der Waals surface area contributed by atoms with Crippen LogP contribution in [0.15, 0.2) is 29.3 Å². The number of carbonyl (C=O) groups excluding carboxylic acids is 2. The third-order valence-corrected chi connectivity index (χ3v) is 9.77. The molecule has 38 heavy (non-hydrogen) atoms. The Labute approximate surface area is 225 Å². The van der Waals surface area contributed by atoms with E-state index in [1.807, 2.05) is 0 Å². The number of piperazine rings is 1. The molecular weight excluding hydrogens is 526 g/mol. The van der Waals surface area contributed by atoms with Crippen molar-refractivity contribution < 1.29 is 18.0 Å². The molecule has 2 aliphatic rings. The van der Waals surface area contributed by atoms with Gasteiger partial charge in [0.25, 0.3) is 15.9 Å². The first-order valence-electron chi connectivity index (χ1n) is 12.1. The summed E-state index contributed by atoms with van der Waals surface area (Å²) in [6.07, 6.45) is 5.78.